The number of hydrogen-bond acceptors (Lipinski definition) is 6. The van der Waals surface area contributed by atoms with Crippen LogP contribution in [0.4, 0.5) is 21.1 Å². The molecular formula is C29H41N5O3P2S. The minimum atomic E-state index is -0.504. The molecule has 4 heterocycles. The van der Waals surface area contributed by atoms with Gasteiger partial charge in [0.1, 0.15) is 11.3 Å². The van der Waals surface area contributed by atoms with Crippen molar-refractivity contribution in [3.05, 3.63) is 36.5 Å². The van der Waals surface area contributed by atoms with Crippen molar-refractivity contribution in [2.75, 3.05) is 48.5 Å². The zero-order valence-electron chi connectivity index (χ0n) is 23.9. The quantitative estimate of drug-likeness (QED) is 0.387. The number of nitrogens with zero attached hydrogens (tertiary/aromatic N) is 5. The van der Waals surface area contributed by atoms with E-state index in [9.17, 15) is 9.59 Å². The third-order valence-electron chi connectivity index (χ3n) is 8.15. The summed E-state index contributed by atoms with van der Waals surface area (Å²) in [5.41, 5.74) is 2.22. The average molecular weight is 602 g/mol. The predicted molar refractivity (Wildman–Crippen MR) is 172 cm³/mol. The number of carbonyl (C=O) groups excluding carboxylic acids is 2. The third kappa shape index (κ3) is 6.07. The fourth-order valence-electron chi connectivity index (χ4n) is 5.95. The molecule has 3 aliphatic heterocycles. The standard InChI is InChI=1S/C29H41N5O3P2S/c1-27(2,3)37-26(36)33-18-29(19-33)11-15-31(16-12-29)25(35)34(40)23-21(20-7-5-6-8-22(20)38)9-13-30-24(23)32-14-10-28(4,39)17-32/h5-9,13,40H,10-12,14-19,38-39H2,1-4H3. The highest BCUT2D eigenvalue weighted by Crippen LogP contribution is 2.44. The van der Waals surface area contributed by atoms with Crippen molar-refractivity contribution >= 4 is 60.2 Å². The molecule has 3 unspecified atom stereocenters. The molecule has 0 bridgehead atoms. The maximum atomic E-state index is 13.9. The number of aromatic nitrogens is 1. The van der Waals surface area contributed by atoms with Crippen LogP contribution >= 0.6 is 31.3 Å². The van der Waals surface area contributed by atoms with Crippen molar-refractivity contribution in [1.82, 2.24) is 14.8 Å². The molecule has 0 N–H and O–H groups in total. The van der Waals surface area contributed by atoms with E-state index in [1.807, 2.05) is 56.1 Å². The van der Waals surface area contributed by atoms with Gasteiger partial charge in [0, 0.05) is 61.6 Å². The molecule has 3 aliphatic rings. The lowest BCUT2D eigenvalue weighted by Gasteiger charge is -2.53. The third-order valence-corrected chi connectivity index (χ3v) is 9.50. The first-order valence-corrected chi connectivity index (χ1v) is 15.5. The minimum Gasteiger partial charge on any atom is -0.444 e. The van der Waals surface area contributed by atoms with Crippen molar-refractivity contribution in [2.45, 2.75) is 57.7 Å². The number of ether oxygens (including phenoxy) is 1. The van der Waals surface area contributed by atoms with E-state index in [-0.39, 0.29) is 22.7 Å². The molecule has 3 fully saturated rings. The molecule has 1 aromatic carbocycles. The zero-order chi connectivity index (χ0) is 28.9. The Morgan fingerprint density at radius 3 is 2.27 bits per heavy atom. The van der Waals surface area contributed by atoms with Gasteiger partial charge in [-0.25, -0.2) is 18.9 Å². The highest BCUT2D eigenvalue weighted by molar-refractivity contribution is 7.82. The van der Waals surface area contributed by atoms with Gasteiger partial charge in [-0.15, -0.1) is 18.5 Å². The van der Waals surface area contributed by atoms with Crippen LogP contribution in [0, 0.1) is 5.41 Å². The Morgan fingerprint density at radius 2 is 1.68 bits per heavy atom. The SMILES string of the molecule is CC1(P)CCN(c2nccc(-c3ccccc3P)c2N(S)C(=O)N2CCC3(CC2)CN(C(=O)OC(C)(C)C)C3)C1. The Hall–Kier alpha value is -2.08. The minimum absolute atomic E-state index is 0.0525. The van der Waals surface area contributed by atoms with Crippen molar-refractivity contribution < 1.29 is 14.3 Å². The van der Waals surface area contributed by atoms with Crippen molar-refractivity contribution in [1.29, 1.82) is 0 Å². The molecular weight excluding hydrogens is 560 g/mol. The van der Waals surface area contributed by atoms with Crippen LogP contribution in [0.25, 0.3) is 11.1 Å². The molecule has 40 heavy (non-hydrogen) atoms. The molecule has 11 heteroatoms. The van der Waals surface area contributed by atoms with Crippen LogP contribution in [0.5, 0.6) is 0 Å². The Morgan fingerprint density at radius 1 is 1.00 bits per heavy atom. The van der Waals surface area contributed by atoms with Crippen LogP contribution in [0.2, 0.25) is 0 Å². The molecule has 0 aliphatic carbocycles. The van der Waals surface area contributed by atoms with Gasteiger partial charge in [-0.2, -0.15) is 0 Å². The first kappa shape index (κ1) is 29.4. The predicted octanol–water partition coefficient (Wildman–Crippen LogP) is 5.20. The zero-order valence-corrected chi connectivity index (χ0v) is 27.1. The molecule has 1 spiro atoms. The molecule has 3 amide bonds. The molecule has 3 saturated heterocycles. The van der Waals surface area contributed by atoms with Gasteiger partial charge in [0.15, 0.2) is 5.82 Å². The molecule has 1 aromatic heterocycles. The normalized spacial score (nSPS) is 22.3. The second kappa shape index (κ2) is 11.0. The van der Waals surface area contributed by atoms with E-state index < -0.39 is 5.60 Å². The molecule has 0 radical (unpaired) electrons. The van der Waals surface area contributed by atoms with Crippen molar-refractivity contribution in [3.8, 4) is 11.1 Å². The highest BCUT2D eigenvalue weighted by atomic mass is 32.1. The first-order chi connectivity index (χ1) is 18.8. The Kier molecular flexibility index (Phi) is 8.06. The lowest BCUT2D eigenvalue weighted by molar-refractivity contribution is -0.0546. The van der Waals surface area contributed by atoms with Crippen molar-refractivity contribution in [2.24, 2.45) is 5.41 Å². The molecule has 216 valence electrons. The number of anilines is 2. The maximum absolute atomic E-state index is 13.9. The maximum Gasteiger partial charge on any atom is 0.410 e. The van der Waals surface area contributed by atoms with Crippen LogP contribution in [-0.4, -0.2) is 76.9 Å². The van der Waals surface area contributed by atoms with E-state index in [1.54, 1.807) is 4.90 Å². The number of thiol groups is 1. The van der Waals surface area contributed by atoms with E-state index in [0.29, 0.717) is 31.9 Å². The van der Waals surface area contributed by atoms with Crippen LogP contribution < -0.4 is 14.5 Å². The second-order valence-corrected chi connectivity index (χ2v) is 15.3. The number of amides is 3. The summed E-state index contributed by atoms with van der Waals surface area (Å²) < 4.78 is 7.03. The number of carbonyl (C=O) groups is 2. The van der Waals surface area contributed by atoms with E-state index in [0.717, 1.165) is 54.6 Å². The topological polar surface area (TPSA) is 69.2 Å². The molecule has 8 nitrogen and oxygen atoms in total. The summed E-state index contributed by atoms with van der Waals surface area (Å²) in [5, 5.41) is 1.14. The summed E-state index contributed by atoms with van der Waals surface area (Å²) >= 11 is 4.84. The number of rotatable bonds is 3. The van der Waals surface area contributed by atoms with E-state index in [1.165, 1.54) is 4.31 Å². The monoisotopic (exact) mass is 601 g/mol. The van der Waals surface area contributed by atoms with E-state index >= 15 is 0 Å². The van der Waals surface area contributed by atoms with E-state index in [4.69, 9.17) is 22.5 Å². The number of urea groups is 1. The van der Waals surface area contributed by atoms with Gasteiger partial charge in [-0.1, -0.05) is 44.0 Å². The highest BCUT2D eigenvalue weighted by Gasteiger charge is 2.48. The number of hydrogen-bond donors (Lipinski definition) is 1. The molecule has 2 aromatic rings. The number of piperidine rings is 1. The van der Waals surface area contributed by atoms with Gasteiger partial charge in [0.05, 0.1) is 0 Å². The second-order valence-electron chi connectivity index (χ2n) is 12.9. The molecule has 3 atom stereocenters. The van der Waals surface area contributed by atoms with Crippen LogP contribution in [0.1, 0.15) is 47.0 Å². The van der Waals surface area contributed by atoms with Gasteiger partial charge in [-0.3, -0.25) is 0 Å². The van der Waals surface area contributed by atoms with Crippen LogP contribution in [-0.2, 0) is 4.74 Å². The largest absolute Gasteiger partial charge is 0.444 e. The Balaban J connectivity index is 1.34. The Bertz CT molecular complexity index is 1280. The molecule has 5 rings (SSSR count). The summed E-state index contributed by atoms with van der Waals surface area (Å²) in [7, 11) is 5.77. The number of pyridine rings is 1. The first-order valence-electron chi connectivity index (χ1n) is 13.9. The van der Waals surface area contributed by atoms with Gasteiger partial charge in [-0.05, 0) is 57.0 Å². The summed E-state index contributed by atoms with van der Waals surface area (Å²) in [6.07, 6.45) is 4.29. The van der Waals surface area contributed by atoms with Crippen LogP contribution in [0.3, 0.4) is 0 Å². The number of likely N-dealkylation sites (tertiary alicyclic amines) is 2. The van der Waals surface area contributed by atoms with E-state index in [2.05, 4.69) is 36.4 Å². The Labute approximate surface area is 248 Å². The summed E-state index contributed by atoms with van der Waals surface area (Å²) in [4.78, 5) is 37.1. The summed E-state index contributed by atoms with van der Waals surface area (Å²) in [5.74, 6) is 0.778. The van der Waals surface area contributed by atoms with Gasteiger partial charge < -0.3 is 19.4 Å². The summed E-state index contributed by atoms with van der Waals surface area (Å²) in [6.45, 7) is 12.2. The summed E-state index contributed by atoms with van der Waals surface area (Å²) in [6, 6.07) is 9.96. The van der Waals surface area contributed by atoms with Gasteiger partial charge in [0.2, 0.25) is 0 Å². The van der Waals surface area contributed by atoms with Crippen molar-refractivity contribution in [3.63, 3.8) is 0 Å². The fourth-order valence-corrected chi connectivity index (χ4v) is 6.98. The molecule has 0 saturated carbocycles. The van der Waals surface area contributed by atoms with Gasteiger partial charge in [0.25, 0.3) is 0 Å². The average Bonchev–Trinajstić information content (AvgIpc) is 3.24. The fraction of sp³-hybridized carbons (Fsp3) is 0.552. The lowest BCUT2D eigenvalue weighted by Crippen LogP contribution is -2.63. The number of benzene rings is 1. The lowest BCUT2D eigenvalue weighted by atomic mass is 9.72. The van der Waals surface area contributed by atoms with Gasteiger partial charge >= 0.3 is 12.1 Å². The van der Waals surface area contributed by atoms with Crippen LogP contribution in [0.15, 0.2) is 36.5 Å². The smallest absolute Gasteiger partial charge is 0.410 e.